The normalized spacial score (nSPS) is 11.1. The molecular formula is C8H25O3P3. The molecule has 3 nitrogen and oxygen atoms in total. The van der Waals surface area contributed by atoms with Gasteiger partial charge in [0, 0.05) is 67.8 Å². The van der Waals surface area contributed by atoms with Gasteiger partial charge >= 0.3 is 0 Å². The lowest BCUT2D eigenvalue weighted by atomic mass is 11.8. The number of rotatable bonds is 0. The summed E-state index contributed by atoms with van der Waals surface area (Å²) in [4.78, 5) is 24.2. The summed E-state index contributed by atoms with van der Waals surface area (Å²) in [6, 6.07) is 0. The molecule has 0 aromatic rings. The summed E-state index contributed by atoms with van der Waals surface area (Å²) in [5.74, 6) is 0. The third kappa shape index (κ3) is 1420. The molecule has 0 fully saturated rings. The van der Waals surface area contributed by atoms with Crippen molar-refractivity contribution in [3.63, 3.8) is 0 Å². The van der Waals surface area contributed by atoms with Crippen LogP contribution in [0.4, 0.5) is 0 Å². The van der Waals surface area contributed by atoms with Crippen LogP contribution in [0.5, 0.6) is 0 Å². The molecule has 0 aromatic carbocycles. The lowest BCUT2D eigenvalue weighted by molar-refractivity contribution is -0.313. The minimum atomic E-state index is -3.12. The predicted molar refractivity (Wildman–Crippen MR) is 70.4 cm³/mol. The number of hydrogen-bond acceptors (Lipinski definition) is 3. The fourth-order valence-corrected chi connectivity index (χ4v) is 0. The summed E-state index contributed by atoms with van der Waals surface area (Å²) in [7, 11) is -3.90. The first-order valence-corrected chi connectivity index (χ1v) is 12.4. The van der Waals surface area contributed by atoms with Gasteiger partial charge < -0.3 is 14.7 Å². The second kappa shape index (κ2) is 9.40. The summed E-state index contributed by atoms with van der Waals surface area (Å²) < 4.78 is 0. The minimum Gasteiger partial charge on any atom is -0.820 e. The van der Waals surface area contributed by atoms with Crippen LogP contribution in [-0.2, 0) is 0 Å². The summed E-state index contributed by atoms with van der Waals surface area (Å²) in [5.41, 5.74) is 0. The Hall–Kier alpha value is 1.17. The van der Waals surface area contributed by atoms with Gasteiger partial charge in [-0.05, 0) is 0 Å². The molecule has 0 heterocycles. The zero-order valence-electron chi connectivity index (χ0n) is 10.6. The molecule has 0 radical (unpaired) electrons. The van der Waals surface area contributed by atoms with Gasteiger partial charge in [-0.25, -0.2) is 0 Å². The molecule has 0 amide bonds. The molecule has 0 aliphatic carbocycles. The Morgan fingerprint density at radius 3 is 0.714 bits per heavy atom. The smallest absolute Gasteiger partial charge is 0.0481 e. The molecule has 0 saturated heterocycles. The highest BCUT2D eigenvalue weighted by Crippen LogP contribution is 2.40. The van der Waals surface area contributed by atoms with Crippen molar-refractivity contribution >= 4 is 23.1 Å². The first-order valence-electron chi connectivity index (χ1n) is 4.14. The van der Waals surface area contributed by atoms with E-state index in [-0.39, 0.29) is 14.5 Å². The Balaban J connectivity index is -0.000000131. The topological polar surface area (TPSA) is 66.3 Å². The maximum Gasteiger partial charge on any atom is 0.0481 e. The molecule has 14 heavy (non-hydrogen) atoms. The van der Waals surface area contributed by atoms with E-state index < -0.39 is 8.60 Å². The van der Waals surface area contributed by atoms with E-state index >= 15 is 0 Å². The van der Waals surface area contributed by atoms with Gasteiger partial charge in [-0.15, -0.1) is 0 Å². The van der Waals surface area contributed by atoms with Crippen molar-refractivity contribution in [2.24, 2.45) is 0 Å². The van der Waals surface area contributed by atoms with Gasteiger partial charge in [-0.2, -0.15) is 8.60 Å². The van der Waals surface area contributed by atoms with E-state index in [1.807, 2.05) is 0 Å². The second-order valence-electron chi connectivity index (χ2n) is 5.60. The van der Waals surface area contributed by atoms with Crippen molar-refractivity contribution < 1.29 is 14.7 Å². The predicted octanol–water partition coefficient (Wildman–Crippen LogP) is 0.973. The molecule has 90 valence electrons. The third-order valence-corrected chi connectivity index (χ3v) is 0. The van der Waals surface area contributed by atoms with Crippen LogP contribution in [-0.4, -0.2) is 58.2 Å². The maximum absolute atomic E-state index is 8.59. The lowest BCUT2D eigenvalue weighted by Crippen LogP contribution is -2.04. The molecule has 0 saturated carbocycles. The standard InChI is InChI=1S/2C4H12P.HO3P/c2*1-5(2,3)4;1-4(2)3/h2*1-4H3;1H/q2*+1;-2. The van der Waals surface area contributed by atoms with Crippen LogP contribution in [0.25, 0.3) is 0 Å². The fraction of sp³-hybridized carbons (Fsp3) is 1.00. The van der Waals surface area contributed by atoms with E-state index in [1.54, 1.807) is 0 Å². The average Bonchev–Trinajstić information content (AvgIpc) is 1.45. The Morgan fingerprint density at radius 1 is 0.714 bits per heavy atom. The molecule has 0 spiro atoms. The summed E-state index contributed by atoms with van der Waals surface area (Å²) in [5, 5.41) is 0. The van der Waals surface area contributed by atoms with Crippen LogP contribution in [0.2, 0.25) is 0 Å². The molecule has 0 bridgehead atoms. The quantitative estimate of drug-likeness (QED) is 0.661. The molecule has 0 unspecified atom stereocenters. The molecule has 0 aliphatic rings. The van der Waals surface area contributed by atoms with Crippen LogP contribution in [0.1, 0.15) is 0 Å². The Kier molecular flexibility index (Phi) is 13.8. The highest BCUT2D eigenvalue weighted by Gasteiger charge is 2.03. The van der Waals surface area contributed by atoms with Gasteiger partial charge in [0.25, 0.3) is 0 Å². The van der Waals surface area contributed by atoms with Gasteiger partial charge in [0.05, 0.1) is 0 Å². The van der Waals surface area contributed by atoms with Crippen molar-refractivity contribution in [3.05, 3.63) is 0 Å². The third-order valence-electron chi connectivity index (χ3n) is 0. The van der Waals surface area contributed by atoms with Crippen molar-refractivity contribution in [2.75, 3.05) is 53.3 Å². The van der Waals surface area contributed by atoms with Crippen LogP contribution >= 0.6 is 23.1 Å². The Morgan fingerprint density at radius 2 is 0.714 bits per heavy atom. The van der Waals surface area contributed by atoms with Gasteiger partial charge in [0.2, 0.25) is 0 Å². The van der Waals surface area contributed by atoms with E-state index in [2.05, 4.69) is 53.3 Å². The van der Waals surface area contributed by atoms with E-state index in [9.17, 15) is 0 Å². The second-order valence-corrected chi connectivity index (χ2v) is 16.8. The van der Waals surface area contributed by atoms with Crippen molar-refractivity contribution in [1.29, 1.82) is 0 Å². The van der Waals surface area contributed by atoms with Crippen LogP contribution < -0.4 is 9.79 Å². The summed E-state index contributed by atoms with van der Waals surface area (Å²) in [6.45, 7) is 18.4. The number of hydrogen-bond donors (Lipinski definition) is 1. The highest BCUT2D eigenvalue weighted by molar-refractivity contribution is 7.73. The summed E-state index contributed by atoms with van der Waals surface area (Å²) in [6.07, 6.45) is 0. The van der Waals surface area contributed by atoms with E-state index in [1.165, 1.54) is 0 Å². The average molecular weight is 262 g/mol. The Bertz CT molecular complexity index is 89.2. The SMILES string of the molecule is C[P+](C)(C)C.C[P+](C)(C)C.[O-]P([O-])O. The zero-order valence-corrected chi connectivity index (χ0v) is 13.3. The van der Waals surface area contributed by atoms with Crippen LogP contribution in [0, 0.1) is 0 Å². The van der Waals surface area contributed by atoms with Crippen LogP contribution in [0.3, 0.4) is 0 Å². The highest BCUT2D eigenvalue weighted by atomic mass is 31.2. The molecule has 0 rings (SSSR count). The van der Waals surface area contributed by atoms with Gasteiger partial charge in [-0.1, -0.05) is 0 Å². The minimum absolute atomic E-state index is 0.389. The maximum atomic E-state index is 8.59. The molecule has 0 aromatic heterocycles. The van der Waals surface area contributed by atoms with Gasteiger partial charge in [0.15, 0.2) is 0 Å². The fourth-order valence-electron chi connectivity index (χ4n) is 0. The van der Waals surface area contributed by atoms with Crippen molar-refractivity contribution in [1.82, 2.24) is 0 Å². The first kappa shape index (κ1) is 20.6. The Labute approximate surface area is 91.6 Å². The monoisotopic (exact) mass is 262 g/mol. The molecule has 1 N–H and O–H groups in total. The molecule has 0 atom stereocenters. The molecule has 6 heteroatoms. The van der Waals surface area contributed by atoms with Crippen molar-refractivity contribution in [2.45, 2.75) is 0 Å². The molecule has 0 aliphatic heterocycles. The van der Waals surface area contributed by atoms with Crippen LogP contribution in [0.15, 0.2) is 0 Å². The molecular weight excluding hydrogens is 237 g/mol. The zero-order chi connectivity index (χ0) is 12.6. The van der Waals surface area contributed by atoms with E-state index in [4.69, 9.17) is 14.7 Å². The lowest BCUT2D eigenvalue weighted by Gasteiger charge is -2.19. The van der Waals surface area contributed by atoms with Gasteiger partial charge in [0.1, 0.15) is 0 Å². The summed E-state index contributed by atoms with van der Waals surface area (Å²) >= 11 is 0. The van der Waals surface area contributed by atoms with Gasteiger partial charge in [-0.3, -0.25) is 0 Å². The van der Waals surface area contributed by atoms with E-state index in [0.717, 1.165) is 0 Å². The largest absolute Gasteiger partial charge is 0.820 e. The first-order chi connectivity index (χ1) is 5.73. The van der Waals surface area contributed by atoms with Crippen molar-refractivity contribution in [3.8, 4) is 0 Å². The van der Waals surface area contributed by atoms with E-state index in [0.29, 0.717) is 0 Å².